The fourth-order valence-corrected chi connectivity index (χ4v) is 1.92. The molecule has 0 aromatic heterocycles. The van der Waals surface area contributed by atoms with Crippen molar-refractivity contribution in [2.75, 3.05) is 20.2 Å². The summed E-state index contributed by atoms with van der Waals surface area (Å²) >= 11 is 0. The Labute approximate surface area is 108 Å². The van der Waals surface area contributed by atoms with Gasteiger partial charge >= 0.3 is 0 Å². The second kappa shape index (κ2) is 8.19. The number of benzene rings is 1. The van der Waals surface area contributed by atoms with E-state index in [1.165, 1.54) is 6.07 Å². The lowest BCUT2D eigenvalue weighted by atomic mass is 10.1. The number of nitrogens with zero attached hydrogens (tertiary/aromatic N) is 1. The van der Waals surface area contributed by atoms with E-state index in [0.29, 0.717) is 18.7 Å². The van der Waals surface area contributed by atoms with Gasteiger partial charge < -0.3 is 15.7 Å². The van der Waals surface area contributed by atoms with Gasteiger partial charge in [-0.05, 0) is 44.5 Å². The van der Waals surface area contributed by atoms with E-state index in [2.05, 4.69) is 4.90 Å². The number of rotatable bonds is 8. The number of hydrogen-bond acceptors (Lipinski definition) is 3. The van der Waals surface area contributed by atoms with Gasteiger partial charge in [-0.3, -0.25) is 0 Å². The molecule has 0 atom stereocenters. The van der Waals surface area contributed by atoms with Crippen molar-refractivity contribution >= 4 is 0 Å². The highest BCUT2D eigenvalue weighted by molar-refractivity contribution is 5.24. The number of aliphatic hydroxyl groups is 1. The molecule has 18 heavy (non-hydrogen) atoms. The first kappa shape index (κ1) is 15.1. The van der Waals surface area contributed by atoms with E-state index in [9.17, 15) is 4.39 Å². The summed E-state index contributed by atoms with van der Waals surface area (Å²) in [4.78, 5) is 2.09. The number of aliphatic hydroxyl groups excluding tert-OH is 1. The third kappa shape index (κ3) is 5.12. The Morgan fingerprint density at radius 3 is 2.72 bits per heavy atom. The summed E-state index contributed by atoms with van der Waals surface area (Å²) in [6.07, 6.45) is 2.87. The third-order valence-corrected chi connectivity index (χ3v) is 2.98. The number of hydrogen-bond donors (Lipinski definition) is 2. The molecule has 0 heterocycles. The molecule has 0 unspecified atom stereocenters. The lowest BCUT2D eigenvalue weighted by molar-refractivity contribution is 0.270. The molecule has 0 spiro atoms. The van der Waals surface area contributed by atoms with Crippen LogP contribution in [0.3, 0.4) is 0 Å². The van der Waals surface area contributed by atoms with Crippen molar-refractivity contribution in [2.45, 2.75) is 32.4 Å². The predicted octanol–water partition coefficient (Wildman–Crippen LogP) is 1.88. The molecule has 0 saturated carbocycles. The summed E-state index contributed by atoms with van der Waals surface area (Å²) in [6.45, 7) is 2.19. The van der Waals surface area contributed by atoms with Gasteiger partial charge in [0.1, 0.15) is 5.82 Å². The van der Waals surface area contributed by atoms with Crippen LogP contribution in [0.1, 0.15) is 30.4 Å². The van der Waals surface area contributed by atoms with Crippen molar-refractivity contribution in [3.8, 4) is 0 Å². The van der Waals surface area contributed by atoms with Crippen LogP contribution in [0, 0.1) is 5.82 Å². The minimum atomic E-state index is -0.172. The minimum Gasteiger partial charge on any atom is -0.396 e. The van der Waals surface area contributed by atoms with E-state index >= 15 is 0 Å². The van der Waals surface area contributed by atoms with E-state index in [0.717, 1.165) is 31.4 Å². The standard InChI is InChI=1S/C14H23FN2O/c1-17(7-3-2-4-8-18)11-13-9-12(10-16)5-6-14(13)15/h5-6,9,18H,2-4,7-8,10-11,16H2,1H3. The average Bonchev–Trinajstić information content (AvgIpc) is 2.37. The SMILES string of the molecule is CN(CCCCCO)Cc1cc(CN)ccc1F. The Kier molecular flexibility index (Phi) is 6.86. The van der Waals surface area contributed by atoms with Gasteiger partial charge in [-0.25, -0.2) is 4.39 Å². The second-order valence-electron chi connectivity index (χ2n) is 4.65. The van der Waals surface area contributed by atoms with Crippen LogP contribution in [0.2, 0.25) is 0 Å². The van der Waals surface area contributed by atoms with Crippen LogP contribution in [-0.4, -0.2) is 30.2 Å². The number of halogens is 1. The van der Waals surface area contributed by atoms with Crippen LogP contribution >= 0.6 is 0 Å². The molecule has 0 radical (unpaired) electrons. The molecule has 1 rings (SSSR count). The second-order valence-corrected chi connectivity index (χ2v) is 4.65. The summed E-state index contributed by atoms with van der Waals surface area (Å²) in [5.74, 6) is -0.172. The molecule has 3 nitrogen and oxygen atoms in total. The van der Waals surface area contributed by atoms with Gasteiger partial charge in [-0.15, -0.1) is 0 Å². The lowest BCUT2D eigenvalue weighted by Gasteiger charge is -2.17. The van der Waals surface area contributed by atoms with Crippen molar-refractivity contribution < 1.29 is 9.50 Å². The zero-order valence-corrected chi connectivity index (χ0v) is 11.0. The zero-order valence-electron chi connectivity index (χ0n) is 11.0. The first-order chi connectivity index (χ1) is 8.67. The maximum Gasteiger partial charge on any atom is 0.127 e. The van der Waals surface area contributed by atoms with Crippen LogP contribution in [0.4, 0.5) is 4.39 Å². The van der Waals surface area contributed by atoms with Crippen molar-refractivity contribution in [1.29, 1.82) is 0 Å². The fraction of sp³-hybridized carbons (Fsp3) is 0.571. The van der Waals surface area contributed by atoms with Crippen molar-refractivity contribution in [2.24, 2.45) is 5.73 Å². The van der Waals surface area contributed by atoms with Gasteiger partial charge in [0.15, 0.2) is 0 Å². The van der Waals surface area contributed by atoms with Gasteiger partial charge in [0.05, 0.1) is 0 Å². The third-order valence-electron chi connectivity index (χ3n) is 2.98. The van der Waals surface area contributed by atoms with Crippen LogP contribution in [0.15, 0.2) is 18.2 Å². The van der Waals surface area contributed by atoms with E-state index in [1.807, 2.05) is 13.1 Å². The fourth-order valence-electron chi connectivity index (χ4n) is 1.92. The van der Waals surface area contributed by atoms with Crippen LogP contribution in [-0.2, 0) is 13.1 Å². The highest BCUT2D eigenvalue weighted by Crippen LogP contribution is 2.13. The summed E-state index contributed by atoms with van der Waals surface area (Å²) in [5, 5.41) is 8.69. The van der Waals surface area contributed by atoms with Crippen molar-refractivity contribution in [1.82, 2.24) is 4.90 Å². The molecule has 0 aliphatic heterocycles. The van der Waals surface area contributed by atoms with Crippen molar-refractivity contribution in [3.63, 3.8) is 0 Å². The Hall–Kier alpha value is -0.970. The Balaban J connectivity index is 2.45. The van der Waals surface area contributed by atoms with Crippen LogP contribution < -0.4 is 5.73 Å². The van der Waals surface area contributed by atoms with Gasteiger partial charge in [-0.1, -0.05) is 12.1 Å². The summed E-state index contributed by atoms with van der Waals surface area (Å²) < 4.78 is 13.6. The molecule has 0 aliphatic rings. The topological polar surface area (TPSA) is 49.5 Å². The van der Waals surface area contributed by atoms with Gasteiger partial charge in [0.2, 0.25) is 0 Å². The first-order valence-electron chi connectivity index (χ1n) is 6.44. The summed E-state index contributed by atoms with van der Waals surface area (Å²) in [7, 11) is 1.98. The number of nitrogens with two attached hydrogens (primary N) is 1. The Morgan fingerprint density at radius 1 is 1.28 bits per heavy atom. The molecule has 4 heteroatoms. The van der Waals surface area contributed by atoms with Crippen LogP contribution in [0.25, 0.3) is 0 Å². The zero-order chi connectivity index (χ0) is 13.4. The molecule has 0 amide bonds. The van der Waals surface area contributed by atoms with E-state index in [1.54, 1.807) is 6.07 Å². The lowest BCUT2D eigenvalue weighted by Crippen LogP contribution is -2.20. The number of unbranched alkanes of at least 4 members (excludes halogenated alkanes) is 2. The molecular weight excluding hydrogens is 231 g/mol. The maximum atomic E-state index is 13.6. The summed E-state index contributed by atoms with van der Waals surface area (Å²) in [6, 6.07) is 5.04. The molecule has 0 bridgehead atoms. The highest BCUT2D eigenvalue weighted by Gasteiger charge is 2.06. The van der Waals surface area contributed by atoms with Crippen LogP contribution in [0.5, 0.6) is 0 Å². The Bertz CT molecular complexity index is 358. The first-order valence-corrected chi connectivity index (χ1v) is 6.44. The minimum absolute atomic E-state index is 0.172. The predicted molar refractivity (Wildman–Crippen MR) is 71.6 cm³/mol. The maximum absolute atomic E-state index is 13.6. The Morgan fingerprint density at radius 2 is 2.06 bits per heavy atom. The molecule has 1 aromatic carbocycles. The van der Waals surface area contributed by atoms with Gasteiger partial charge in [-0.2, -0.15) is 0 Å². The molecule has 0 aliphatic carbocycles. The quantitative estimate of drug-likeness (QED) is 0.696. The highest BCUT2D eigenvalue weighted by atomic mass is 19.1. The molecular formula is C14H23FN2O. The molecule has 3 N–H and O–H groups in total. The smallest absolute Gasteiger partial charge is 0.127 e. The van der Waals surface area contributed by atoms with Gasteiger partial charge in [0.25, 0.3) is 0 Å². The summed E-state index contributed by atoms with van der Waals surface area (Å²) in [5.41, 5.74) is 7.21. The largest absolute Gasteiger partial charge is 0.396 e. The molecule has 0 saturated heterocycles. The van der Waals surface area contributed by atoms with E-state index < -0.39 is 0 Å². The molecule has 1 aromatic rings. The normalized spacial score (nSPS) is 11.2. The van der Waals surface area contributed by atoms with Crippen molar-refractivity contribution in [3.05, 3.63) is 35.1 Å². The van der Waals surface area contributed by atoms with E-state index in [4.69, 9.17) is 10.8 Å². The van der Waals surface area contributed by atoms with Gasteiger partial charge in [0, 0.05) is 25.3 Å². The molecule has 0 fully saturated rings. The monoisotopic (exact) mass is 254 g/mol. The average molecular weight is 254 g/mol. The van der Waals surface area contributed by atoms with E-state index in [-0.39, 0.29) is 12.4 Å². The molecule has 102 valence electrons.